The highest BCUT2D eigenvalue weighted by Gasteiger charge is 2.06. The highest BCUT2D eigenvalue weighted by atomic mass is 16.5. The minimum absolute atomic E-state index is 0.00676. The fourth-order valence-corrected chi connectivity index (χ4v) is 1.57. The Labute approximate surface area is 102 Å². The summed E-state index contributed by atoms with van der Waals surface area (Å²) in [6.45, 7) is 8.18. The van der Waals surface area contributed by atoms with Crippen LogP contribution >= 0.6 is 0 Å². The van der Waals surface area contributed by atoms with E-state index in [0.717, 1.165) is 24.4 Å². The van der Waals surface area contributed by atoms with Gasteiger partial charge in [-0.3, -0.25) is 9.48 Å². The molecular formula is C12H21N3O2. The molecule has 0 unspecified atom stereocenters. The number of nitrogens with one attached hydrogen (secondary N) is 1. The molecular weight excluding hydrogens is 218 g/mol. The van der Waals surface area contributed by atoms with Crippen molar-refractivity contribution in [2.45, 2.75) is 33.7 Å². The van der Waals surface area contributed by atoms with Crippen molar-refractivity contribution in [3.05, 3.63) is 17.5 Å². The molecule has 17 heavy (non-hydrogen) atoms. The summed E-state index contributed by atoms with van der Waals surface area (Å²) in [4.78, 5) is 11.6. The minimum atomic E-state index is -0.00676. The molecule has 0 aliphatic heterocycles. The fourth-order valence-electron chi connectivity index (χ4n) is 1.57. The third kappa shape index (κ3) is 4.99. The van der Waals surface area contributed by atoms with Crippen molar-refractivity contribution in [2.24, 2.45) is 0 Å². The van der Waals surface area contributed by atoms with Crippen molar-refractivity contribution in [1.82, 2.24) is 15.1 Å². The molecule has 0 aliphatic carbocycles. The molecule has 1 amide bonds. The van der Waals surface area contributed by atoms with Gasteiger partial charge in [0, 0.05) is 25.5 Å². The molecule has 0 saturated carbocycles. The van der Waals surface area contributed by atoms with Crippen molar-refractivity contribution >= 4 is 5.91 Å². The summed E-state index contributed by atoms with van der Waals surface area (Å²) >= 11 is 0. The van der Waals surface area contributed by atoms with Crippen LogP contribution in [0.5, 0.6) is 0 Å². The summed E-state index contributed by atoms with van der Waals surface area (Å²) in [5, 5.41) is 7.09. The van der Waals surface area contributed by atoms with E-state index in [2.05, 4.69) is 10.4 Å². The number of hydrogen-bond acceptors (Lipinski definition) is 3. The van der Waals surface area contributed by atoms with Crippen molar-refractivity contribution in [1.29, 1.82) is 0 Å². The van der Waals surface area contributed by atoms with Crippen molar-refractivity contribution in [2.75, 3.05) is 19.8 Å². The molecule has 1 rings (SSSR count). The number of amides is 1. The molecule has 0 fully saturated rings. The Kier molecular flexibility index (Phi) is 5.69. The molecule has 0 bridgehead atoms. The molecule has 0 spiro atoms. The summed E-state index contributed by atoms with van der Waals surface area (Å²) in [5.41, 5.74) is 1.94. The topological polar surface area (TPSA) is 56.1 Å². The zero-order chi connectivity index (χ0) is 12.7. The van der Waals surface area contributed by atoms with Gasteiger partial charge in [0.2, 0.25) is 5.91 Å². The standard InChI is InChI=1S/C12H21N3O2/c1-4-17-7-5-6-13-12(16)9-15-11(3)8-10(2)14-15/h8H,4-7,9H2,1-3H3,(H,13,16). The maximum Gasteiger partial charge on any atom is 0.241 e. The molecule has 5 nitrogen and oxygen atoms in total. The molecule has 0 saturated heterocycles. The van der Waals surface area contributed by atoms with Gasteiger partial charge in [0.1, 0.15) is 6.54 Å². The first-order valence-electron chi connectivity index (χ1n) is 5.99. The first-order chi connectivity index (χ1) is 8.13. The van der Waals surface area contributed by atoms with Crippen LogP contribution in [0.15, 0.2) is 6.07 Å². The van der Waals surface area contributed by atoms with Crippen molar-refractivity contribution < 1.29 is 9.53 Å². The number of aromatic nitrogens is 2. The van der Waals surface area contributed by atoms with Gasteiger partial charge in [-0.15, -0.1) is 0 Å². The van der Waals surface area contributed by atoms with E-state index in [4.69, 9.17) is 4.74 Å². The van der Waals surface area contributed by atoms with E-state index in [-0.39, 0.29) is 12.5 Å². The average Bonchev–Trinajstić information content (AvgIpc) is 2.57. The second-order valence-corrected chi connectivity index (χ2v) is 3.99. The molecule has 5 heteroatoms. The van der Waals surface area contributed by atoms with E-state index in [1.807, 2.05) is 26.8 Å². The first-order valence-corrected chi connectivity index (χ1v) is 5.99. The summed E-state index contributed by atoms with van der Waals surface area (Å²) in [6.07, 6.45) is 0.844. The molecule has 1 N–H and O–H groups in total. The number of rotatable bonds is 7. The van der Waals surface area contributed by atoms with Gasteiger partial charge in [0.05, 0.1) is 5.69 Å². The van der Waals surface area contributed by atoms with Crippen LogP contribution in [0.3, 0.4) is 0 Å². The molecule has 0 radical (unpaired) electrons. The fraction of sp³-hybridized carbons (Fsp3) is 0.667. The van der Waals surface area contributed by atoms with Gasteiger partial charge in [-0.2, -0.15) is 5.10 Å². The first kappa shape index (κ1) is 13.7. The van der Waals surface area contributed by atoms with Crippen LogP contribution in [0.25, 0.3) is 0 Å². The van der Waals surface area contributed by atoms with Crippen LogP contribution in [0.4, 0.5) is 0 Å². The van der Waals surface area contributed by atoms with E-state index in [1.165, 1.54) is 0 Å². The van der Waals surface area contributed by atoms with Gasteiger partial charge in [-0.05, 0) is 33.3 Å². The normalized spacial score (nSPS) is 10.5. The van der Waals surface area contributed by atoms with E-state index in [9.17, 15) is 4.79 Å². The summed E-state index contributed by atoms with van der Waals surface area (Å²) < 4.78 is 6.90. The summed E-state index contributed by atoms with van der Waals surface area (Å²) in [6, 6.07) is 1.96. The molecule has 0 atom stereocenters. The lowest BCUT2D eigenvalue weighted by atomic mass is 10.4. The number of nitrogens with zero attached hydrogens (tertiary/aromatic N) is 2. The van der Waals surface area contributed by atoms with E-state index in [1.54, 1.807) is 4.68 Å². The van der Waals surface area contributed by atoms with Crippen LogP contribution < -0.4 is 5.32 Å². The lowest BCUT2D eigenvalue weighted by Gasteiger charge is -2.06. The molecule has 1 aromatic heterocycles. The highest BCUT2D eigenvalue weighted by Crippen LogP contribution is 2.00. The number of carbonyl (C=O) groups excluding carboxylic acids is 1. The second-order valence-electron chi connectivity index (χ2n) is 3.99. The number of hydrogen-bond donors (Lipinski definition) is 1. The number of ether oxygens (including phenoxy) is 1. The highest BCUT2D eigenvalue weighted by molar-refractivity contribution is 5.75. The average molecular weight is 239 g/mol. The van der Waals surface area contributed by atoms with Gasteiger partial charge in [0.25, 0.3) is 0 Å². The monoisotopic (exact) mass is 239 g/mol. The van der Waals surface area contributed by atoms with Crippen LogP contribution in [-0.4, -0.2) is 35.4 Å². The largest absolute Gasteiger partial charge is 0.382 e. The Bertz CT molecular complexity index is 361. The van der Waals surface area contributed by atoms with Gasteiger partial charge in [-0.25, -0.2) is 0 Å². The third-order valence-corrected chi connectivity index (χ3v) is 2.39. The molecule has 96 valence electrons. The van der Waals surface area contributed by atoms with Crippen LogP contribution in [0.1, 0.15) is 24.7 Å². The summed E-state index contributed by atoms with van der Waals surface area (Å²) in [5.74, 6) is -0.00676. The number of carbonyl (C=O) groups is 1. The lowest BCUT2D eigenvalue weighted by Crippen LogP contribution is -2.29. The molecule has 1 aromatic rings. The summed E-state index contributed by atoms with van der Waals surface area (Å²) in [7, 11) is 0. The van der Waals surface area contributed by atoms with Gasteiger partial charge in [-0.1, -0.05) is 0 Å². The molecule has 0 aromatic carbocycles. The molecule has 1 heterocycles. The Hall–Kier alpha value is -1.36. The van der Waals surface area contributed by atoms with Crippen molar-refractivity contribution in [3.8, 4) is 0 Å². The predicted molar refractivity (Wildman–Crippen MR) is 65.8 cm³/mol. The third-order valence-electron chi connectivity index (χ3n) is 2.39. The number of aryl methyl sites for hydroxylation is 2. The van der Waals surface area contributed by atoms with Crippen molar-refractivity contribution in [3.63, 3.8) is 0 Å². The molecule has 0 aliphatic rings. The van der Waals surface area contributed by atoms with Crippen LogP contribution in [0, 0.1) is 13.8 Å². The van der Waals surface area contributed by atoms with Gasteiger partial charge < -0.3 is 10.1 Å². The Morgan fingerprint density at radius 3 is 2.88 bits per heavy atom. The van der Waals surface area contributed by atoms with Crippen LogP contribution in [-0.2, 0) is 16.1 Å². The maximum absolute atomic E-state index is 11.6. The predicted octanol–water partition coefficient (Wildman–Crippen LogP) is 1.04. The Balaban J connectivity index is 2.23. The van der Waals surface area contributed by atoms with E-state index in [0.29, 0.717) is 13.2 Å². The maximum atomic E-state index is 11.6. The smallest absolute Gasteiger partial charge is 0.241 e. The Morgan fingerprint density at radius 2 is 2.29 bits per heavy atom. The Morgan fingerprint density at radius 1 is 1.53 bits per heavy atom. The second kappa shape index (κ2) is 7.06. The van der Waals surface area contributed by atoms with Gasteiger partial charge >= 0.3 is 0 Å². The van der Waals surface area contributed by atoms with E-state index >= 15 is 0 Å². The van der Waals surface area contributed by atoms with Gasteiger partial charge in [0.15, 0.2) is 0 Å². The zero-order valence-corrected chi connectivity index (χ0v) is 10.8. The zero-order valence-electron chi connectivity index (χ0n) is 10.8. The van der Waals surface area contributed by atoms with Crippen LogP contribution in [0.2, 0.25) is 0 Å². The lowest BCUT2D eigenvalue weighted by molar-refractivity contribution is -0.121. The van der Waals surface area contributed by atoms with E-state index < -0.39 is 0 Å². The minimum Gasteiger partial charge on any atom is -0.382 e. The SMILES string of the molecule is CCOCCCNC(=O)Cn1nc(C)cc1C. The quantitative estimate of drug-likeness (QED) is 0.723.